The average Bonchev–Trinajstić information content (AvgIpc) is 2.61. The third kappa shape index (κ3) is 7.13. The summed E-state index contributed by atoms with van der Waals surface area (Å²) in [6.45, 7) is 0. The fourth-order valence-electron chi connectivity index (χ4n) is 2.16. The largest absolute Gasteiger partial charge is 0.482 e. The van der Waals surface area contributed by atoms with Gasteiger partial charge in [-0.3, -0.25) is 0 Å². The van der Waals surface area contributed by atoms with E-state index in [1.807, 2.05) is 48.6 Å². The Balaban J connectivity index is 2.29. The van der Waals surface area contributed by atoms with Crippen LogP contribution in [0.25, 0.3) is 12.2 Å². The van der Waals surface area contributed by atoms with Crippen molar-refractivity contribution in [1.29, 1.82) is 0 Å². The molecule has 26 heavy (non-hydrogen) atoms. The first-order valence-corrected chi connectivity index (χ1v) is 11.9. The zero-order valence-corrected chi connectivity index (χ0v) is 19.9. The molecule has 0 aliphatic rings. The highest BCUT2D eigenvalue weighted by Crippen LogP contribution is 2.27. The molecule has 140 valence electrons. The van der Waals surface area contributed by atoms with E-state index in [9.17, 15) is 0 Å². The predicted octanol–water partition coefficient (Wildman–Crippen LogP) is 6.78. The highest BCUT2D eigenvalue weighted by Gasteiger charge is 2.04. The first-order chi connectivity index (χ1) is 12.7. The van der Waals surface area contributed by atoms with E-state index in [4.69, 9.17) is 18.9 Å². The second-order valence-corrected chi connectivity index (χ2v) is 6.65. The van der Waals surface area contributed by atoms with Gasteiger partial charge in [0, 0.05) is 12.1 Å². The monoisotopic (exact) mass is 612 g/mol. The van der Waals surface area contributed by atoms with Gasteiger partial charge in [-0.05, 0) is 99.1 Å². The summed E-state index contributed by atoms with van der Waals surface area (Å²) in [5.41, 5.74) is 3.55. The Bertz CT molecular complexity index is 627. The molecule has 0 saturated carbocycles. The van der Waals surface area contributed by atoms with Crippen LogP contribution in [0.3, 0.4) is 0 Å². The van der Waals surface area contributed by atoms with Crippen LogP contribution in [-0.4, -0.2) is 22.1 Å². The van der Waals surface area contributed by atoms with Crippen LogP contribution >= 0.6 is 63.7 Å². The van der Waals surface area contributed by atoms with E-state index >= 15 is 0 Å². The fraction of sp³-hybridized carbons (Fsp3) is 0.222. The quantitative estimate of drug-likeness (QED) is 0.218. The maximum absolute atomic E-state index is 5.52. The van der Waals surface area contributed by atoms with E-state index in [2.05, 4.69) is 63.7 Å². The number of ether oxygens (including phenoxy) is 4. The normalized spacial score (nSPS) is 10.8. The minimum atomic E-state index is 0.410. The molecule has 0 atom stereocenters. The Kier molecular flexibility index (Phi) is 9.88. The standard InChI is InChI=1S/C18H16Br4O4/c19-9-23-15-3-13(4-16(7-15)24-10-20)1-2-14-5-17(25-11-21)8-18(6-14)26-12-22/h1-8H,9-12H2/b2-1+. The first kappa shape index (κ1) is 21.6. The van der Waals surface area contributed by atoms with Crippen LogP contribution in [0.5, 0.6) is 23.0 Å². The van der Waals surface area contributed by atoms with Gasteiger partial charge in [-0.2, -0.15) is 0 Å². The second-order valence-electron chi connectivity index (χ2n) is 4.82. The minimum absolute atomic E-state index is 0.410. The molecule has 0 aromatic heterocycles. The Morgan fingerprint density at radius 1 is 0.500 bits per heavy atom. The van der Waals surface area contributed by atoms with Gasteiger partial charge in [0.1, 0.15) is 45.1 Å². The number of hydrogen-bond acceptors (Lipinski definition) is 4. The molecule has 0 aliphatic heterocycles. The van der Waals surface area contributed by atoms with Crippen molar-refractivity contribution in [3.8, 4) is 23.0 Å². The summed E-state index contributed by atoms with van der Waals surface area (Å²) < 4.78 is 22.1. The number of benzene rings is 2. The van der Waals surface area contributed by atoms with E-state index in [-0.39, 0.29) is 0 Å². The van der Waals surface area contributed by atoms with Crippen LogP contribution in [-0.2, 0) is 0 Å². The summed E-state index contributed by atoms with van der Waals surface area (Å²) in [4.78, 5) is 0. The smallest absolute Gasteiger partial charge is 0.143 e. The van der Waals surface area contributed by atoms with Gasteiger partial charge in [0.15, 0.2) is 0 Å². The van der Waals surface area contributed by atoms with Gasteiger partial charge >= 0.3 is 0 Å². The molecule has 2 rings (SSSR count). The van der Waals surface area contributed by atoms with Gasteiger partial charge in [0.25, 0.3) is 0 Å². The maximum Gasteiger partial charge on any atom is 0.143 e. The zero-order chi connectivity index (χ0) is 18.8. The summed E-state index contributed by atoms with van der Waals surface area (Å²) in [7, 11) is 0. The summed E-state index contributed by atoms with van der Waals surface area (Å²) in [6.07, 6.45) is 3.96. The van der Waals surface area contributed by atoms with Gasteiger partial charge in [0.2, 0.25) is 0 Å². The van der Waals surface area contributed by atoms with Crippen molar-refractivity contribution in [2.45, 2.75) is 0 Å². The third-order valence-electron chi connectivity index (χ3n) is 3.16. The molecule has 0 N–H and O–H groups in total. The topological polar surface area (TPSA) is 36.9 Å². The molecule has 0 spiro atoms. The molecule has 0 radical (unpaired) electrons. The molecule has 0 amide bonds. The Morgan fingerprint density at radius 3 is 1.00 bits per heavy atom. The molecule has 0 heterocycles. The first-order valence-electron chi connectivity index (χ1n) is 7.42. The lowest BCUT2D eigenvalue weighted by Crippen LogP contribution is -1.94. The summed E-state index contributed by atoms with van der Waals surface area (Å²) in [5.74, 6) is 2.89. The Morgan fingerprint density at radius 2 is 0.769 bits per heavy atom. The molecule has 0 fully saturated rings. The van der Waals surface area contributed by atoms with Crippen molar-refractivity contribution in [2.24, 2.45) is 0 Å². The molecular weight excluding hydrogens is 600 g/mol. The van der Waals surface area contributed by atoms with Crippen molar-refractivity contribution in [2.75, 3.05) is 22.1 Å². The third-order valence-corrected chi connectivity index (χ3v) is 4.07. The van der Waals surface area contributed by atoms with Crippen LogP contribution in [0.15, 0.2) is 36.4 Å². The second kappa shape index (κ2) is 11.9. The lowest BCUT2D eigenvalue weighted by Gasteiger charge is -2.09. The molecule has 0 saturated heterocycles. The number of rotatable bonds is 10. The zero-order valence-electron chi connectivity index (χ0n) is 13.6. The van der Waals surface area contributed by atoms with E-state index in [0.717, 1.165) is 34.1 Å². The number of alkyl halides is 4. The Labute approximate surface area is 186 Å². The van der Waals surface area contributed by atoms with Gasteiger partial charge in [-0.1, -0.05) is 12.2 Å². The molecular formula is C18H16Br4O4. The van der Waals surface area contributed by atoms with E-state index in [1.54, 1.807) is 0 Å². The SMILES string of the molecule is BrCOc1cc(/C=C/c2cc(OCBr)cc(OCBr)c2)cc(OCBr)c1. The van der Waals surface area contributed by atoms with Crippen molar-refractivity contribution >= 4 is 75.9 Å². The van der Waals surface area contributed by atoms with Crippen molar-refractivity contribution in [3.63, 3.8) is 0 Å². The van der Waals surface area contributed by atoms with Crippen LogP contribution in [0.1, 0.15) is 11.1 Å². The van der Waals surface area contributed by atoms with Crippen LogP contribution in [0.4, 0.5) is 0 Å². The summed E-state index contributed by atoms with van der Waals surface area (Å²) in [5, 5.41) is 0. The molecule has 8 heteroatoms. The van der Waals surface area contributed by atoms with Crippen LogP contribution < -0.4 is 18.9 Å². The molecule has 0 aliphatic carbocycles. The van der Waals surface area contributed by atoms with E-state index < -0.39 is 0 Å². The number of halogens is 4. The van der Waals surface area contributed by atoms with Crippen LogP contribution in [0, 0.1) is 0 Å². The van der Waals surface area contributed by atoms with Gasteiger partial charge in [-0.15, -0.1) is 0 Å². The van der Waals surface area contributed by atoms with Crippen molar-refractivity contribution in [3.05, 3.63) is 47.5 Å². The van der Waals surface area contributed by atoms with E-state index in [1.165, 1.54) is 0 Å². The summed E-state index contributed by atoms with van der Waals surface area (Å²) >= 11 is 13.1. The summed E-state index contributed by atoms with van der Waals surface area (Å²) in [6, 6.07) is 11.4. The lowest BCUT2D eigenvalue weighted by molar-refractivity contribution is 0.377. The van der Waals surface area contributed by atoms with Gasteiger partial charge in [0.05, 0.1) is 0 Å². The predicted molar refractivity (Wildman–Crippen MR) is 120 cm³/mol. The molecule has 0 bridgehead atoms. The molecule has 4 nitrogen and oxygen atoms in total. The van der Waals surface area contributed by atoms with Gasteiger partial charge in [-0.25, -0.2) is 0 Å². The molecule has 0 unspecified atom stereocenters. The lowest BCUT2D eigenvalue weighted by atomic mass is 10.1. The minimum Gasteiger partial charge on any atom is -0.482 e. The highest BCUT2D eigenvalue weighted by molar-refractivity contribution is 9.09. The van der Waals surface area contributed by atoms with Crippen molar-refractivity contribution < 1.29 is 18.9 Å². The average molecular weight is 616 g/mol. The fourth-order valence-corrected chi connectivity index (χ4v) is 3.22. The highest BCUT2D eigenvalue weighted by atomic mass is 79.9. The molecule has 2 aromatic carbocycles. The number of hydrogen-bond donors (Lipinski definition) is 0. The maximum atomic E-state index is 5.52. The molecule has 2 aromatic rings. The van der Waals surface area contributed by atoms with Gasteiger partial charge < -0.3 is 18.9 Å². The van der Waals surface area contributed by atoms with E-state index in [0.29, 0.717) is 22.1 Å². The Hall–Kier alpha value is -0.700. The van der Waals surface area contributed by atoms with Crippen molar-refractivity contribution in [1.82, 2.24) is 0 Å². The van der Waals surface area contributed by atoms with Crippen LogP contribution in [0.2, 0.25) is 0 Å².